The molecule has 1 aliphatic carbocycles. The topological polar surface area (TPSA) is 76.4 Å². The summed E-state index contributed by atoms with van der Waals surface area (Å²) in [5, 5.41) is 11.3. The number of fused-ring (bicyclic) bond motifs is 1. The fourth-order valence-electron chi connectivity index (χ4n) is 4.88. The normalized spacial score (nSPS) is 19.9. The van der Waals surface area contributed by atoms with Crippen LogP contribution in [0, 0.1) is 11.6 Å². The Hall–Kier alpha value is -1.82. The summed E-state index contributed by atoms with van der Waals surface area (Å²) >= 11 is 0. The molecule has 2 aromatic rings. The van der Waals surface area contributed by atoms with Gasteiger partial charge in [-0.05, 0) is 31.4 Å². The van der Waals surface area contributed by atoms with Crippen molar-refractivity contribution in [3.63, 3.8) is 0 Å². The van der Waals surface area contributed by atoms with Gasteiger partial charge in [0.2, 0.25) is 0 Å². The summed E-state index contributed by atoms with van der Waals surface area (Å²) in [7, 11) is 3.34. The molecule has 0 saturated heterocycles. The highest BCUT2D eigenvalue weighted by Gasteiger charge is 2.40. The number of nitrogens with one attached hydrogen (secondary N) is 2. The number of nitrogens with zero attached hydrogens (tertiary/aromatic N) is 4. The first-order chi connectivity index (χ1) is 15.0. The van der Waals surface area contributed by atoms with Crippen LogP contribution in [0.4, 0.5) is 8.78 Å². The van der Waals surface area contributed by atoms with Crippen molar-refractivity contribution in [3.8, 4) is 0 Å². The number of guanidine groups is 1. The Kier molecular flexibility index (Phi) is 8.43. The molecule has 1 atom stereocenters. The second-order valence-electron chi connectivity index (χ2n) is 8.45. The number of ether oxygens (including phenoxy) is 1. The molecule has 1 aromatic heterocycles. The Balaban J connectivity index is 0.00000289. The number of methoxy groups -OCH3 is 1. The number of rotatable bonds is 6. The molecule has 10 heteroatoms. The number of aryl methyl sites for hydroxylation is 1. The molecule has 1 saturated carbocycles. The van der Waals surface area contributed by atoms with E-state index < -0.39 is 17.0 Å². The SMILES string of the molecule is CN=C(NCC1(c2c(F)cccc2F)CCCC1)NC1CCc2nc(COC)nn2C1.I. The smallest absolute Gasteiger partial charge is 0.191 e. The zero-order chi connectivity index (χ0) is 21.8. The van der Waals surface area contributed by atoms with Gasteiger partial charge in [-0.15, -0.1) is 24.0 Å². The Morgan fingerprint density at radius 3 is 2.66 bits per heavy atom. The minimum atomic E-state index is -0.562. The van der Waals surface area contributed by atoms with E-state index in [1.807, 2.05) is 4.68 Å². The lowest BCUT2D eigenvalue weighted by Gasteiger charge is -2.32. The predicted octanol–water partition coefficient (Wildman–Crippen LogP) is 3.31. The predicted molar refractivity (Wildman–Crippen MR) is 129 cm³/mol. The van der Waals surface area contributed by atoms with Crippen LogP contribution in [-0.4, -0.2) is 47.5 Å². The minimum Gasteiger partial charge on any atom is -0.377 e. The van der Waals surface area contributed by atoms with Crippen LogP contribution in [0.3, 0.4) is 0 Å². The number of aromatic nitrogens is 3. The summed E-state index contributed by atoms with van der Waals surface area (Å²) in [5.74, 6) is 1.35. The second kappa shape index (κ2) is 10.9. The standard InChI is InChI=1S/C22H30F2N6O.HI/c1-25-21(27-15-8-9-19-28-18(13-31-2)29-30(19)12-15)26-14-22(10-3-4-11-22)20-16(23)6-5-7-17(20)24;/h5-7,15H,3-4,8-14H2,1-2H3,(H2,25,26,27);1H. The maximum atomic E-state index is 14.6. The summed E-state index contributed by atoms with van der Waals surface area (Å²) in [5.41, 5.74) is -0.362. The summed E-state index contributed by atoms with van der Waals surface area (Å²) in [4.78, 5) is 8.85. The van der Waals surface area contributed by atoms with Crippen LogP contribution >= 0.6 is 24.0 Å². The fraction of sp³-hybridized carbons (Fsp3) is 0.591. The lowest BCUT2D eigenvalue weighted by molar-refractivity contribution is 0.177. The maximum absolute atomic E-state index is 14.6. The zero-order valence-electron chi connectivity index (χ0n) is 18.5. The van der Waals surface area contributed by atoms with Crippen LogP contribution in [0.15, 0.2) is 23.2 Å². The van der Waals surface area contributed by atoms with Gasteiger partial charge in [0.15, 0.2) is 11.8 Å². The average molecular weight is 560 g/mol. The number of halogens is 3. The van der Waals surface area contributed by atoms with E-state index in [4.69, 9.17) is 4.74 Å². The molecular formula is C22H31F2IN6O. The van der Waals surface area contributed by atoms with Crippen LogP contribution < -0.4 is 10.6 Å². The van der Waals surface area contributed by atoms with Crippen molar-refractivity contribution in [1.29, 1.82) is 0 Å². The van der Waals surface area contributed by atoms with Gasteiger partial charge in [-0.2, -0.15) is 5.10 Å². The van der Waals surface area contributed by atoms with Gasteiger partial charge in [0.1, 0.15) is 24.1 Å². The first kappa shape index (κ1) is 24.8. The molecule has 1 aliphatic heterocycles. The molecule has 32 heavy (non-hydrogen) atoms. The molecule has 0 bridgehead atoms. The Labute approximate surface area is 204 Å². The molecule has 2 heterocycles. The van der Waals surface area contributed by atoms with E-state index in [9.17, 15) is 8.78 Å². The monoisotopic (exact) mass is 560 g/mol. The molecule has 2 aliphatic rings. The Morgan fingerprint density at radius 1 is 1.28 bits per heavy atom. The van der Waals surface area contributed by atoms with Crippen molar-refractivity contribution in [2.24, 2.45) is 4.99 Å². The quantitative estimate of drug-likeness (QED) is 0.322. The molecule has 2 N–H and O–H groups in total. The number of aliphatic imine (C=N–C) groups is 1. The molecule has 1 unspecified atom stereocenters. The van der Waals surface area contributed by atoms with Crippen molar-refractivity contribution in [3.05, 3.63) is 47.0 Å². The van der Waals surface area contributed by atoms with Gasteiger partial charge in [-0.25, -0.2) is 18.4 Å². The Morgan fingerprint density at radius 2 is 2.00 bits per heavy atom. The lowest BCUT2D eigenvalue weighted by atomic mass is 9.78. The number of hydrogen-bond donors (Lipinski definition) is 2. The van der Waals surface area contributed by atoms with Crippen LogP contribution in [0.25, 0.3) is 0 Å². The van der Waals surface area contributed by atoms with Gasteiger partial charge in [0.25, 0.3) is 0 Å². The van der Waals surface area contributed by atoms with Gasteiger partial charge in [-0.1, -0.05) is 18.9 Å². The third-order valence-corrected chi connectivity index (χ3v) is 6.39. The molecule has 0 radical (unpaired) electrons. The van der Waals surface area contributed by atoms with Crippen molar-refractivity contribution >= 4 is 29.9 Å². The maximum Gasteiger partial charge on any atom is 0.191 e. The van der Waals surface area contributed by atoms with Crippen molar-refractivity contribution < 1.29 is 13.5 Å². The van der Waals surface area contributed by atoms with E-state index in [1.165, 1.54) is 18.2 Å². The summed E-state index contributed by atoms with van der Waals surface area (Å²) < 4.78 is 36.2. The molecular weight excluding hydrogens is 529 g/mol. The van der Waals surface area contributed by atoms with Gasteiger partial charge in [-0.3, -0.25) is 4.99 Å². The third-order valence-electron chi connectivity index (χ3n) is 6.39. The average Bonchev–Trinajstić information content (AvgIpc) is 3.38. The van der Waals surface area contributed by atoms with E-state index in [1.54, 1.807) is 14.2 Å². The van der Waals surface area contributed by atoms with E-state index in [0.29, 0.717) is 31.5 Å². The second-order valence-corrected chi connectivity index (χ2v) is 8.45. The first-order valence-electron chi connectivity index (χ1n) is 10.9. The Bertz CT molecular complexity index is 924. The van der Waals surface area contributed by atoms with Gasteiger partial charge in [0, 0.05) is 44.1 Å². The van der Waals surface area contributed by atoms with E-state index in [2.05, 4.69) is 25.7 Å². The molecule has 176 valence electrons. The van der Waals surface area contributed by atoms with Crippen LogP contribution in [-0.2, 0) is 29.7 Å². The number of benzene rings is 1. The molecule has 7 nitrogen and oxygen atoms in total. The lowest BCUT2D eigenvalue weighted by Crippen LogP contribution is -2.50. The van der Waals surface area contributed by atoms with Crippen LogP contribution in [0.1, 0.15) is 49.3 Å². The van der Waals surface area contributed by atoms with Crippen LogP contribution in [0.2, 0.25) is 0 Å². The molecule has 1 fully saturated rings. The molecule has 1 aromatic carbocycles. The highest BCUT2D eigenvalue weighted by molar-refractivity contribution is 14.0. The third kappa shape index (κ3) is 5.22. The van der Waals surface area contributed by atoms with E-state index >= 15 is 0 Å². The summed E-state index contributed by atoms with van der Waals surface area (Å²) in [6.45, 7) is 1.51. The minimum absolute atomic E-state index is 0. The largest absolute Gasteiger partial charge is 0.377 e. The summed E-state index contributed by atoms with van der Waals surface area (Å²) in [6.07, 6.45) is 5.15. The van der Waals surface area contributed by atoms with E-state index in [0.717, 1.165) is 44.3 Å². The van der Waals surface area contributed by atoms with Crippen molar-refractivity contribution in [1.82, 2.24) is 25.4 Å². The van der Waals surface area contributed by atoms with E-state index in [-0.39, 0.29) is 35.6 Å². The van der Waals surface area contributed by atoms with Gasteiger partial charge in [0.05, 0.1) is 6.54 Å². The zero-order valence-corrected chi connectivity index (χ0v) is 20.9. The number of hydrogen-bond acceptors (Lipinski definition) is 4. The molecule has 4 rings (SSSR count). The first-order valence-corrected chi connectivity index (χ1v) is 10.9. The summed E-state index contributed by atoms with van der Waals surface area (Å²) in [6, 6.07) is 4.26. The molecule has 0 amide bonds. The van der Waals surface area contributed by atoms with Crippen molar-refractivity contribution in [2.75, 3.05) is 20.7 Å². The fourth-order valence-corrected chi connectivity index (χ4v) is 4.88. The van der Waals surface area contributed by atoms with Crippen molar-refractivity contribution in [2.45, 2.75) is 63.1 Å². The molecule has 0 spiro atoms. The highest BCUT2D eigenvalue weighted by atomic mass is 127. The highest BCUT2D eigenvalue weighted by Crippen LogP contribution is 2.42. The van der Waals surface area contributed by atoms with Crippen LogP contribution in [0.5, 0.6) is 0 Å². The van der Waals surface area contributed by atoms with Gasteiger partial charge < -0.3 is 15.4 Å². The van der Waals surface area contributed by atoms with Gasteiger partial charge >= 0.3 is 0 Å².